The second kappa shape index (κ2) is 8.92. The molecule has 2 heterocycles. The third-order valence-corrected chi connectivity index (χ3v) is 6.13. The van der Waals surface area contributed by atoms with Gasteiger partial charge in [-0.2, -0.15) is 0 Å². The highest BCUT2D eigenvalue weighted by atomic mass is 16.3. The molecule has 1 unspecified atom stereocenters. The normalized spacial score (nSPS) is 15.8. The number of nitrogens with zero attached hydrogens (tertiary/aromatic N) is 2. The average molecular weight is 404 g/mol. The van der Waals surface area contributed by atoms with Gasteiger partial charge >= 0.3 is 0 Å². The van der Waals surface area contributed by atoms with Gasteiger partial charge in [-0.05, 0) is 66.6 Å². The fourth-order valence-corrected chi connectivity index (χ4v) is 4.45. The van der Waals surface area contributed by atoms with E-state index in [-0.39, 0.29) is 5.91 Å². The number of carbonyl (C=O) groups is 1. The first-order valence-corrected chi connectivity index (χ1v) is 10.8. The quantitative estimate of drug-likeness (QED) is 0.621. The van der Waals surface area contributed by atoms with E-state index in [2.05, 4.69) is 35.4 Å². The van der Waals surface area contributed by atoms with Crippen molar-refractivity contribution in [2.75, 3.05) is 5.32 Å². The summed E-state index contributed by atoms with van der Waals surface area (Å²) in [5.41, 5.74) is 4.98. The van der Waals surface area contributed by atoms with E-state index in [4.69, 9.17) is 4.98 Å². The minimum Gasteiger partial charge on any atom is -0.387 e. The molecule has 1 fully saturated rings. The van der Waals surface area contributed by atoms with E-state index in [0.717, 1.165) is 40.6 Å². The Labute approximate surface area is 177 Å². The summed E-state index contributed by atoms with van der Waals surface area (Å²) in [4.78, 5) is 20.6. The van der Waals surface area contributed by atoms with Gasteiger partial charge in [0.05, 0.1) is 17.3 Å². The van der Waals surface area contributed by atoms with Crippen LogP contribution in [0.1, 0.15) is 67.5 Å². The minimum atomic E-state index is -0.481. The van der Waals surface area contributed by atoms with Crippen LogP contribution in [0.4, 0.5) is 5.82 Å². The molecule has 1 atom stereocenters. The third kappa shape index (κ3) is 4.51. The summed E-state index contributed by atoms with van der Waals surface area (Å²) >= 11 is 0. The van der Waals surface area contributed by atoms with Crippen LogP contribution in [0.15, 0.2) is 42.6 Å². The van der Waals surface area contributed by atoms with Crippen LogP contribution in [0.3, 0.4) is 0 Å². The Balaban J connectivity index is 1.61. The van der Waals surface area contributed by atoms with Gasteiger partial charge in [-0.25, -0.2) is 4.98 Å². The third-order valence-electron chi connectivity index (χ3n) is 6.13. The molecule has 2 N–H and O–H groups in total. The zero-order valence-electron chi connectivity index (χ0n) is 17.7. The molecule has 1 aromatic carbocycles. The molecule has 0 bridgehead atoms. The number of aryl methyl sites for hydroxylation is 1. The topological polar surface area (TPSA) is 75.1 Å². The number of benzene rings is 1. The molecule has 1 amide bonds. The van der Waals surface area contributed by atoms with Gasteiger partial charge in [0.2, 0.25) is 5.91 Å². The maximum Gasteiger partial charge on any atom is 0.222 e. The Bertz CT molecular complexity index is 1060. The van der Waals surface area contributed by atoms with Crippen molar-refractivity contribution < 1.29 is 9.90 Å². The van der Waals surface area contributed by atoms with Crippen LogP contribution < -0.4 is 5.32 Å². The van der Waals surface area contributed by atoms with Gasteiger partial charge in [0.1, 0.15) is 5.82 Å². The molecular formula is C25H29N3O2. The van der Waals surface area contributed by atoms with Crippen molar-refractivity contribution in [3.05, 3.63) is 65.0 Å². The first-order chi connectivity index (χ1) is 14.5. The summed E-state index contributed by atoms with van der Waals surface area (Å²) in [5.74, 6) is 0.800. The van der Waals surface area contributed by atoms with E-state index in [1.165, 1.54) is 31.7 Å². The van der Waals surface area contributed by atoms with Gasteiger partial charge in [-0.15, -0.1) is 0 Å². The Hall–Kier alpha value is -2.79. The van der Waals surface area contributed by atoms with E-state index < -0.39 is 6.10 Å². The smallest absolute Gasteiger partial charge is 0.222 e. The number of fused-ring (bicyclic) bond motifs is 1. The largest absolute Gasteiger partial charge is 0.387 e. The van der Waals surface area contributed by atoms with E-state index in [1.54, 1.807) is 6.20 Å². The Morgan fingerprint density at radius 1 is 1.17 bits per heavy atom. The lowest BCUT2D eigenvalue weighted by Gasteiger charge is -2.26. The monoisotopic (exact) mass is 403 g/mol. The number of carbonyl (C=O) groups excluding carboxylic acids is 1. The first kappa shape index (κ1) is 20.5. The number of aliphatic hydroxyl groups excluding tert-OH is 1. The molecule has 4 rings (SSSR count). The summed E-state index contributed by atoms with van der Waals surface area (Å²) < 4.78 is 0. The zero-order valence-corrected chi connectivity index (χ0v) is 17.7. The Morgan fingerprint density at radius 2 is 1.97 bits per heavy atom. The summed E-state index contributed by atoms with van der Waals surface area (Å²) in [5, 5.41) is 14.7. The standard InChI is InChI=1S/C25H29N3O2/c1-16-13-23-19(10-11-22(28-23)24(30)18-7-4-3-5-8-18)14-21(16)15-20-9-6-12-26-25(20)27-17(2)29/h6,9-14,18,24,30H,3-5,7-8,15H2,1-2H3,(H,26,27,29). The fraction of sp³-hybridized carbons (Fsp3) is 0.400. The first-order valence-electron chi connectivity index (χ1n) is 10.8. The number of anilines is 1. The van der Waals surface area contributed by atoms with Crippen LogP contribution in [-0.2, 0) is 11.2 Å². The highest BCUT2D eigenvalue weighted by molar-refractivity contribution is 5.88. The highest BCUT2D eigenvalue weighted by Crippen LogP contribution is 2.34. The van der Waals surface area contributed by atoms with Gasteiger partial charge in [-0.1, -0.05) is 31.4 Å². The van der Waals surface area contributed by atoms with Crippen molar-refractivity contribution in [3.63, 3.8) is 0 Å². The molecule has 0 saturated heterocycles. The van der Waals surface area contributed by atoms with E-state index in [0.29, 0.717) is 18.2 Å². The molecule has 1 aliphatic carbocycles. The lowest BCUT2D eigenvalue weighted by Crippen LogP contribution is -2.17. The number of pyridine rings is 2. The SMILES string of the molecule is CC(=O)Nc1ncccc1Cc1cc2ccc(C(O)C3CCCCC3)nc2cc1C. The van der Waals surface area contributed by atoms with Crippen molar-refractivity contribution in [2.24, 2.45) is 5.92 Å². The van der Waals surface area contributed by atoms with Crippen molar-refractivity contribution in [1.82, 2.24) is 9.97 Å². The number of hydrogen-bond acceptors (Lipinski definition) is 4. The van der Waals surface area contributed by atoms with E-state index >= 15 is 0 Å². The summed E-state index contributed by atoms with van der Waals surface area (Å²) in [6, 6.07) is 12.1. The number of aliphatic hydroxyl groups is 1. The van der Waals surface area contributed by atoms with Crippen LogP contribution in [0.5, 0.6) is 0 Å². The van der Waals surface area contributed by atoms with Gasteiger partial charge < -0.3 is 10.4 Å². The maximum absolute atomic E-state index is 11.5. The number of rotatable bonds is 5. The predicted octanol–water partition coefficient (Wildman–Crippen LogP) is 5.10. The van der Waals surface area contributed by atoms with Crippen molar-refractivity contribution >= 4 is 22.6 Å². The number of amides is 1. The van der Waals surface area contributed by atoms with Crippen molar-refractivity contribution in [1.29, 1.82) is 0 Å². The molecule has 5 nitrogen and oxygen atoms in total. The van der Waals surface area contributed by atoms with Crippen molar-refractivity contribution in [2.45, 2.75) is 58.5 Å². The van der Waals surface area contributed by atoms with Gasteiger partial charge in [0.15, 0.2) is 0 Å². The Morgan fingerprint density at radius 3 is 2.73 bits per heavy atom. The second-order valence-corrected chi connectivity index (χ2v) is 8.42. The number of aromatic nitrogens is 2. The van der Waals surface area contributed by atoms with Crippen molar-refractivity contribution in [3.8, 4) is 0 Å². The molecule has 30 heavy (non-hydrogen) atoms. The molecule has 1 saturated carbocycles. The fourth-order valence-electron chi connectivity index (χ4n) is 4.45. The molecule has 156 valence electrons. The van der Waals surface area contributed by atoms with Crippen LogP contribution in [0.25, 0.3) is 10.9 Å². The highest BCUT2D eigenvalue weighted by Gasteiger charge is 2.24. The maximum atomic E-state index is 11.5. The lowest BCUT2D eigenvalue weighted by atomic mass is 9.84. The van der Waals surface area contributed by atoms with Gasteiger partial charge in [-0.3, -0.25) is 9.78 Å². The van der Waals surface area contributed by atoms with Gasteiger partial charge in [0, 0.05) is 24.9 Å². The molecule has 0 spiro atoms. The predicted molar refractivity (Wildman–Crippen MR) is 119 cm³/mol. The minimum absolute atomic E-state index is 0.126. The van der Waals surface area contributed by atoms with Crippen LogP contribution >= 0.6 is 0 Å². The lowest BCUT2D eigenvalue weighted by molar-refractivity contribution is -0.114. The van der Waals surface area contributed by atoms with Crippen LogP contribution in [0.2, 0.25) is 0 Å². The number of hydrogen-bond donors (Lipinski definition) is 2. The van der Waals surface area contributed by atoms with Crippen LogP contribution in [0, 0.1) is 12.8 Å². The van der Waals surface area contributed by atoms with E-state index in [9.17, 15) is 9.90 Å². The second-order valence-electron chi connectivity index (χ2n) is 8.42. The zero-order chi connectivity index (χ0) is 21.1. The van der Waals surface area contributed by atoms with Crippen LogP contribution in [-0.4, -0.2) is 21.0 Å². The molecule has 1 aliphatic rings. The summed E-state index contributed by atoms with van der Waals surface area (Å²) in [6.07, 6.45) is 7.73. The number of nitrogens with one attached hydrogen (secondary N) is 1. The average Bonchev–Trinajstić information content (AvgIpc) is 2.75. The molecule has 2 aromatic heterocycles. The Kier molecular flexibility index (Phi) is 6.09. The van der Waals surface area contributed by atoms with Gasteiger partial charge in [0.25, 0.3) is 0 Å². The molecule has 5 heteroatoms. The molecule has 0 aliphatic heterocycles. The summed E-state index contributed by atoms with van der Waals surface area (Å²) in [6.45, 7) is 3.57. The molecule has 3 aromatic rings. The summed E-state index contributed by atoms with van der Waals surface area (Å²) in [7, 11) is 0. The van der Waals surface area contributed by atoms with E-state index in [1.807, 2.05) is 18.2 Å². The molecular weight excluding hydrogens is 374 g/mol. The molecule has 0 radical (unpaired) electrons.